The molecule has 0 aliphatic carbocycles. The van der Waals surface area contributed by atoms with E-state index in [2.05, 4.69) is 10.6 Å². The van der Waals surface area contributed by atoms with Gasteiger partial charge in [0.25, 0.3) is 5.91 Å². The second-order valence-electron chi connectivity index (χ2n) is 6.55. The topological polar surface area (TPSA) is 117 Å². The number of ether oxygens (including phenoxy) is 2. The zero-order valence-electron chi connectivity index (χ0n) is 15.5. The van der Waals surface area contributed by atoms with Gasteiger partial charge in [-0.15, -0.1) is 0 Å². The van der Waals surface area contributed by atoms with Gasteiger partial charge in [0.2, 0.25) is 12.7 Å². The van der Waals surface area contributed by atoms with Gasteiger partial charge in [0, 0.05) is 0 Å². The molecule has 152 valence electrons. The van der Waals surface area contributed by atoms with Crippen LogP contribution in [0.5, 0.6) is 11.5 Å². The van der Waals surface area contributed by atoms with Crippen LogP contribution in [0.15, 0.2) is 18.2 Å². The fraction of sp³-hybridized carbons (Fsp3) is 0.500. The van der Waals surface area contributed by atoms with Crippen LogP contribution in [0.1, 0.15) is 18.4 Å². The van der Waals surface area contributed by atoms with E-state index in [1.165, 1.54) is 0 Å². The van der Waals surface area contributed by atoms with Gasteiger partial charge in [-0.2, -0.15) is 11.8 Å². The predicted octanol–water partition coefficient (Wildman–Crippen LogP) is 0.456. The largest absolute Gasteiger partial charge is 0.454 e. The van der Waals surface area contributed by atoms with Crippen molar-refractivity contribution in [3.05, 3.63) is 23.8 Å². The van der Waals surface area contributed by atoms with Crippen LogP contribution in [0.2, 0.25) is 0 Å². The first-order valence-electron chi connectivity index (χ1n) is 8.91. The Morgan fingerprint density at radius 1 is 1.39 bits per heavy atom. The first-order chi connectivity index (χ1) is 13.5. The Morgan fingerprint density at radius 2 is 2.18 bits per heavy atom. The molecule has 0 bridgehead atoms. The maximum atomic E-state index is 12.6. The van der Waals surface area contributed by atoms with Crippen molar-refractivity contribution in [2.24, 2.45) is 0 Å². The molecule has 9 nitrogen and oxygen atoms in total. The van der Waals surface area contributed by atoms with Gasteiger partial charge in [0.1, 0.15) is 6.04 Å². The maximum absolute atomic E-state index is 12.6. The second kappa shape index (κ2) is 9.16. The average Bonchev–Trinajstić information content (AvgIpc) is 3.24. The lowest BCUT2D eigenvalue weighted by atomic mass is 10.1. The van der Waals surface area contributed by atoms with Gasteiger partial charge in [-0.1, -0.05) is 6.07 Å². The van der Waals surface area contributed by atoms with Gasteiger partial charge in [0.15, 0.2) is 11.5 Å². The highest BCUT2D eigenvalue weighted by Gasteiger charge is 2.39. The highest BCUT2D eigenvalue weighted by molar-refractivity contribution is 7.98. The molecule has 2 unspecified atom stereocenters. The average molecular weight is 409 g/mol. The molecular weight excluding hydrogens is 386 g/mol. The van der Waals surface area contributed by atoms with Crippen LogP contribution >= 0.6 is 11.8 Å². The summed E-state index contributed by atoms with van der Waals surface area (Å²) in [5, 5.41) is 14.6. The number of aliphatic hydroxyl groups is 1. The Balaban J connectivity index is 1.56. The monoisotopic (exact) mass is 409 g/mol. The summed E-state index contributed by atoms with van der Waals surface area (Å²) in [4.78, 5) is 38.0. The number of hydrogen-bond donors (Lipinski definition) is 3. The van der Waals surface area contributed by atoms with E-state index < -0.39 is 18.0 Å². The van der Waals surface area contributed by atoms with Crippen LogP contribution in [0.4, 0.5) is 4.79 Å². The molecule has 3 rings (SSSR count). The van der Waals surface area contributed by atoms with Crippen molar-refractivity contribution in [3.63, 3.8) is 0 Å². The van der Waals surface area contributed by atoms with Gasteiger partial charge >= 0.3 is 6.03 Å². The molecule has 1 aromatic carbocycles. The third-order valence-corrected chi connectivity index (χ3v) is 5.17. The van der Waals surface area contributed by atoms with Crippen molar-refractivity contribution in [2.75, 3.05) is 25.4 Å². The molecule has 1 aromatic rings. The van der Waals surface area contributed by atoms with E-state index in [9.17, 15) is 19.5 Å². The standard InChI is InChI=1S/C18H23N3O6S/c1-28-5-4-12(9-22)19-16(23)7-13-17(24)21(18(25)20-13)8-11-2-3-14-15(6-11)27-10-26-14/h2-3,6,12-13,22H,4-5,7-10H2,1H3,(H,19,23)(H,20,25). The molecule has 28 heavy (non-hydrogen) atoms. The molecule has 1 fully saturated rings. The third kappa shape index (κ3) is 4.68. The van der Waals surface area contributed by atoms with E-state index >= 15 is 0 Å². The van der Waals surface area contributed by atoms with Crippen LogP contribution in [-0.4, -0.2) is 65.3 Å². The summed E-state index contributed by atoms with van der Waals surface area (Å²) in [5.41, 5.74) is 0.718. The number of nitrogens with one attached hydrogen (secondary N) is 2. The van der Waals surface area contributed by atoms with Gasteiger partial charge in [-0.3, -0.25) is 14.5 Å². The van der Waals surface area contributed by atoms with Crippen LogP contribution in [0.3, 0.4) is 0 Å². The SMILES string of the molecule is CSCCC(CO)NC(=O)CC1NC(=O)N(Cc2ccc3c(c2)OCO3)C1=O. The van der Waals surface area contributed by atoms with Gasteiger partial charge in [-0.25, -0.2) is 4.79 Å². The summed E-state index contributed by atoms with van der Waals surface area (Å²) in [6, 6.07) is 3.39. The number of aliphatic hydroxyl groups excluding tert-OH is 1. The van der Waals surface area contributed by atoms with Crippen molar-refractivity contribution in [2.45, 2.75) is 31.5 Å². The summed E-state index contributed by atoms with van der Waals surface area (Å²) in [6.07, 6.45) is 2.40. The number of fused-ring (bicyclic) bond motifs is 1. The van der Waals surface area contributed by atoms with E-state index in [1.807, 2.05) is 6.26 Å². The molecule has 10 heteroatoms. The number of carbonyl (C=O) groups is 3. The molecule has 1 saturated heterocycles. The number of urea groups is 1. The van der Waals surface area contributed by atoms with Crippen LogP contribution in [-0.2, 0) is 16.1 Å². The van der Waals surface area contributed by atoms with E-state index in [-0.39, 0.29) is 38.3 Å². The molecule has 0 aromatic heterocycles. The van der Waals surface area contributed by atoms with Crippen LogP contribution < -0.4 is 20.1 Å². The van der Waals surface area contributed by atoms with E-state index in [0.717, 1.165) is 16.2 Å². The van der Waals surface area contributed by atoms with Gasteiger partial charge < -0.3 is 25.2 Å². The normalized spacial score (nSPS) is 18.9. The number of benzene rings is 1. The molecule has 2 aliphatic rings. The Morgan fingerprint density at radius 3 is 2.93 bits per heavy atom. The number of hydrogen-bond acceptors (Lipinski definition) is 7. The predicted molar refractivity (Wildman–Crippen MR) is 102 cm³/mol. The van der Waals surface area contributed by atoms with E-state index in [4.69, 9.17) is 9.47 Å². The fourth-order valence-electron chi connectivity index (χ4n) is 3.03. The molecule has 0 radical (unpaired) electrons. The van der Waals surface area contributed by atoms with Crippen molar-refractivity contribution < 1.29 is 29.0 Å². The molecule has 3 N–H and O–H groups in total. The molecule has 0 saturated carbocycles. The summed E-state index contributed by atoms with van der Waals surface area (Å²) in [5.74, 6) is 1.15. The van der Waals surface area contributed by atoms with Crippen molar-refractivity contribution in [3.8, 4) is 11.5 Å². The molecular formula is C18H23N3O6S. The first-order valence-corrected chi connectivity index (χ1v) is 10.3. The van der Waals surface area contributed by atoms with Crippen LogP contribution in [0.25, 0.3) is 0 Å². The summed E-state index contributed by atoms with van der Waals surface area (Å²) >= 11 is 1.62. The third-order valence-electron chi connectivity index (χ3n) is 4.53. The Bertz CT molecular complexity index is 759. The van der Waals surface area contributed by atoms with Crippen molar-refractivity contribution in [1.29, 1.82) is 0 Å². The van der Waals surface area contributed by atoms with Crippen molar-refractivity contribution in [1.82, 2.24) is 15.5 Å². The minimum Gasteiger partial charge on any atom is -0.454 e. The maximum Gasteiger partial charge on any atom is 0.325 e. The summed E-state index contributed by atoms with van der Waals surface area (Å²) < 4.78 is 10.6. The highest BCUT2D eigenvalue weighted by atomic mass is 32.2. The zero-order valence-corrected chi connectivity index (χ0v) is 16.3. The minimum atomic E-state index is -0.915. The van der Waals surface area contributed by atoms with Crippen LogP contribution in [0, 0.1) is 0 Å². The number of carbonyl (C=O) groups excluding carboxylic acids is 3. The molecule has 2 heterocycles. The van der Waals surface area contributed by atoms with Gasteiger partial charge in [0.05, 0.1) is 25.6 Å². The second-order valence-corrected chi connectivity index (χ2v) is 7.53. The van der Waals surface area contributed by atoms with Gasteiger partial charge in [-0.05, 0) is 36.1 Å². The molecule has 2 aliphatic heterocycles. The zero-order chi connectivity index (χ0) is 20.1. The minimum absolute atomic E-state index is 0.0758. The Labute approximate surface area is 166 Å². The molecule has 2 atom stereocenters. The fourth-order valence-corrected chi connectivity index (χ4v) is 3.55. The number of thioether (sulfide) groups is 1. The molecule has 4 amide bonds. The molecule has 0 spiro atoms. The lowest BCUT2D eigenvalue weighted by Gasteiger charge is -2.17. The Hall–Kier alpha value is -2.46. The Kier molecular flexibility index (Phi) is 6.63. The number of nitrogens with zero attached hydrogens (tertiary/aromatic N) is 1. The lowest BCUT2D eigenvalue weighted by Crippen LogP contribution is -2.42. The van der Waals surface area contributed by atoms with E-state index in [0.29, 0.717) is 17.9 Å². The number of amides is 4. The summed E-state index contributed by atoms with van der Waals surface area (Å²) in [6.45, 7) is 0.0464. The first kappa shape index (κ1) is 20.3. The summed E-state index contributed by atoms with van der Waals surface area (Å²) in [7, 11) is 0. The number of rotatable bonds is 9. The van der Waals surface area contributed by atoms with Crippen molar-refractivity contribution >= 4 is 29.6 Å². The van der Waals surface area contributed by atoms with E-state index in [1.54, 1.807) is 30.0 Å². The number of imide groups is 1. The quantitative estimate of drug-likeness (QED) is 0.507. The lowest BCUT2D eigenvalue weighted by molar-refractivity contribution is -0.131. The smallest absolute Gasteiger partial charge is 0.325 e. The highest BCUT2D eigenvalue weighted by Crippen LogP contribution is 2.33.